The first-order chi connectivity index (χ1) is 8.61. The first-order valence-corrected chi connectivity index (χ1v) is 6.75. The zero-order valence-electron chi connectivity index (χ0n) is 13.3. The van der Waals surface area contributed by atoms with Crippen LogP contribution in [0.2, 0.25) is 0 Å². The van der Waals surface area contributed by atoms with Gasteiger partial charge in [0.1, 0.15) is 0 Å². The molecule has 0 aliphatic carbocycles. The Morgan fingerprint density at radius 2 is 1.60 bits per heavy atom. The van der Waals surface area contributed by atoms with Crippen LogP contribution in [0.3, 0.4) is 0 Å². The maximum absolute atomic E-state index is 12.1. The van der Waals surface area contributed by atoms with Crippen LogP contribution in [-0.2, 0) is 4.79 Å². The monoisotopic (exact) mass is 298 g/mol. The molecule has 3 N–H and O–H groups in total. The van der Waals surface area contributed by atoms with E-state index in [2.05, 4.69) is 37.4 Å². The van der Waals surface area contributed by atoms with E-state index in [-0.39, 0.29) is 29.8 Å². The first kappa shape index (κ1) is 18.9. The van der Waals surface area contributed by atoms with E-state index in [1.807, 2.05) is 27.7 Å². The second-order valence-electron chi connectivity index (χ2n) is 6.50. The van der Waals surface area contributed by atoms with Crippen molar-refractivity contribution >= 4 is 18.3 Å². The molecule has 2 atom stereocenters. The number of nitrogens with one attached hydrogen (secondary N) is 1. The number of benzene rings is 1. The second-order valence-corrected chi connectivity index (χ2v) is 6.50. The van der Waals surface area contributed by atoms with E-state index in [0.29, 0.717) is 0 Å². The highest BCUT2D eigenvalue weighted by molar-refractivity contribution is 5.85. The van der Waals surface area contributed by atoms with E-state index in [1.165, 1.54) is 11.1 Å². The Labute approximate surface area is 128 Å². The summed E-state index contributed by atoms with van der Waals surface area (Å²) in [6.45, 7) is 12.0. The minimum atomic E-state index is -0.499. The summed E-state index contributed by atoms with van der Waals surface area (Å²) in [5.41, 5.74) is 9.27. The number of carbonyl (C=O) groups excluding carboxylic acids is 1. The molecule has 0 aromatic heterocycles. The molecule has 114 valence electrons. The summed E-state index contributed by atoms with van der Waals surface area (Å²) < 4.78 is 0. The minimum Gasteiger partial charge on any atom is -0.348 e. The molecular weight excluding hydrogens is 272 g/mol. The van der Waals surface area contributed by atoms with E-state index >= 15 is 0 Å². The maximum Gasteiger partial charge on any atom is 0.237 e. The Kier molecular flexibility index (Phi) is 6.72. The fourth-order valence-electron chi connectivity index (χ4n) is 2.04. The average molecular weight is 299 g/mol. The lowest BCUT2D eigenvalue weighted by molar-refractivity contribution is -0.125. The molecule has 0 spiro atoms. The number of carbonyl (C=O) groups is 1. The second kappa shape index (κ2) is 7.09. The molecule has 1 rings (SSSR count). The summed E-state index contributed by atoms with van der Waals surface area (Å²) in [5.74, 6) is -0.0980. The molecule has 0 aliphatic rings. The Bertz CT molecular complexity index is 446. The van der Waals surface area contributed by atoms with Gasteiger partial charge in [0.15, 0.2) is 0 Å². The molecule has 1 amide bonds. The Morgan fingerprint density at radius 3 is 2.00 bits per heavy atom. The van der Waals surface area contributed by atoms with Crippen LogP contribution in [0, 0.1) is 19.3 Å². The van der Waals surface area contributed by atoms with Crippen LogP contribution in [0.15, 0.2) is 18.2 Å². The van der Waals surface area contributed by atoms with Crippen molar-refractivity contribution in [1.29, 1.82) is 0 Å². The van der Waals surface area contributed by atoms with Crippen LogP contribution in [0.25, 0.3) is 0 Å². The van der Waals surface area contributed by atoms with Crippen molar-refractivity contribution in [3.8, 4) is 0 Å². The van der Waals surface area contributed by atoms with Crippen molar-refractivity contribution in [2.75, 3.05) is 0 Å². The zero-order valence-corrected chi connectivity index (χ0v) is 14.1. The normalized spacial score (nSPS) is 14.2. The Hall–Kier alpha value is -1.06. The van der Waals surface area contributed by atoms with Gasteiger partial charge in [-0.25, -0.2) is 0 Å². The van der Waals surface area contributed by atoms with Crippen LogP contribution < -0.4 is 11.1 Å². The average Bonchev–Trinajstić information content (AvgIpc) is 2.25. The zero-order chi connectivity index (χ0) is 14.8. The van der Waals surface area contributed by atoms with Crippen molar-refractivity contribution in [1.82, 2.24) is 5.32 Å². The highest BCUT2D eigenvalue weighted by atomic mass is 35.5. The van der Waals surface area contributed by atoms with Gasteiger partial charge >= 0.3 is 0 Å². The summed E-state index contributed by atoms with van der Waals surface area (Å²) in [7, 11) is 0. The standard InChI is InChI=1S/C16H26N2O.ClH/c1-10-7-11(2)9-13(8-10)12(3)18-15(19)14(17)16(4,5)6;/h7-9,12,14H,17H2,1-6H3,(H,18,19);1H/t12?,14-;/m1./s1. The van der Waals surface area contributed by atoms with Gasteiger partial charge < -0.3 is 11.1 Å². The van der Waals surface area contributed by atoms with Crippen molar-refractivity contribution in [3.05, 3.63) is 34.9 Å². The molecule has 20 heavy (non-hydrogen) atoms. The number of nitrogens with two attached hydrogens (primary N) is 1. The van der Waals surface area contributed by atoms with Gasteiger partial charge in [-0.15, -0.1) is 12.4 Å². The van der Waals surface area contributed by atoms with Gasteiger partial charge in [0.05, 0.1) is 12.1 Å². The summed E-state index contributed by atoms with van der Waals surface area (Å²) in [5, 5.41) is 2.99. The van der Waals surface area contributed by atoms with Crippen molar-refractivity contribution in [2.24, 2.45) is 11.1 Å². The maximum atomic E-state index is 12.1. The molecule has 3 nitrogen and oxygen atoms in total. The third-order valence-electron chi connectivity index (χ3n) is 3.32. The van der Waals surface area contributed by atoms with E-state index < -0.39 is 6.04 Å². The lowest BCUT2D eigenvalue weighted by Crippen LogP contribution is -2.49. The van der Waals surface area contributed by atoms with Gasteiger partial charge in [0.25, 0.3) is 0 Å². The SMILES string of the molecule is Cc1cc(C)cc(C(C)NC(=O)[C@@H](N)C(C)(C)C)c1.Cl. The summed E-state index contributed by atoms with van der Waals surface area (Å²) in [6.07, 6.45) is 0. The van der Waals surface area contributed by atoms with E-state index in [9.17, 15) is 4.79 Å². The smallest absolute Gasteiger partial charge is 0.237 e. The van der Waals surface area contributed by atoms with Gasteiger partial charge in [0.2, 0.25) is 5.91 Å². The van der Waals surface area contributed by atoms with Crippen LogP contribution in [0.4, 0.5) is 0 Å². The van der Waals surface area contributed by atoms with Gasteiger partial charge in [-0.05, 0) is 31.7 Å². The summed E-state index contributed by atoms with van der Waals surface area (Å²) in [4.78, 5) is 12.1. The molecule has 0 saturated carbocycles. The molecule has 0 aliphatic heterocycles. The van der Waals surface area contributed by atoms with Gasteiger partial charge in [-0.3, -0.25) is 4.79 Å². The molecule has 0 heterocycles. The van der Waals surface area contributed by atoms with Crippen molar-refractivity contribution < 1.29 is 4.79 Å². The largest absolute Gasteiger partial charge is 0.348 e. The predicted octanol–water partition coefficient (Wildman–Crippen LogP) is 3.28. The van der Waals surface area contributed by atoms with Crippen LogP contribution in [0.5, 0.6) is 0 Å². The quantitative estimate of drug-likeness (QED) is 0.900. The lowest BCUT2D eigenvalue weighted by Gasteiger charge is -2.27. The first-order valence-electron chi connectivity index (χ1n) is 6.75. The molecule has 4 heteroatoms. The van der Waals surface area contributed by atoms with Gasteiger partial charge in [-0.1, -0.05) is 50.1 Å². The van der Waals surface area contributed by atoms with Crippen molar-refractivity contribution in [2.45, 2.75) is 53.6 Å². The number of hydrogen-bond donors (Lipinski definition) is 2. The molecule has 0 radical (unpaired) electrons. The van der Waals surface area contributed by atoms with E-state index in [1.54, 1.807) is 0 Å². The van der Waals surface area contributed by atoms with Gasteiger partial charge in [-0.2, -0.15) is 0 Å². The highest BCUT2D eigenvalue weighted by Crippen LogP contribution is 2.20. The predicted molar refractivity (Wildman–Crippen MR) is 87.2 cm³/mol. The number of amides is 1. The molecule has 0 bridgehead atoms. The summed E-state index contributed by atoms with van der Waals surface area (Å²) in [6, 6.07) is 5.79. The van der Waals surface area contributed by atoms with Crippen LogP contribution in [-0.4, -0.2) is 11.9 Å². The van der Waals surface area contributed by atoms with Crippen LogP contribution in [0.1, 0.15) is 50.4 Å². The fraction of sp³-hybridized carbons (Fsp3) is 0.562. The third-order valence-corrected chi connectivity index (χ3v) is 3.32. The Balaban J connectivity index is 0.00000361. The molecule has 1 unspecified atom stereocenters. The minimum absolute atomic E-state index is 0. The molecular formula is C16H27ClN2O. The molecule has 0 saturated heterocycles. The number of halogens is 1. The highest BCUT2D eigenvalue weighted by Gasteiger charge is 2.28. The lowest BCUT2D eigenvalue weighted by atomic mass is 9.86. The number of hydrogen-bond acceptors (Lipinski definition) is 2. The van der Waals surface area contributed by atoms with Crippen LogP contribution >= 0.6 is 12.4 Å². The molecule has 0 fully saturated rings. The van der Waals surface area contributed by atoms with E-state index in [0.717, 1.165) is 5.56 Å². The number of rotatable bonds is 3. The van der Waals surface area contributed by atoms with Crippen molar-refractivity contribution in [3.63, 3.8) is 0 Å². The molecule has 1 aromatic rings. The topological polar surface area (TPSA) is 55.1 Å². The van der Waals surface area contributed by atoms with E-state index in [4.69, 9.17) is 5.73 Å². The Morgan fingerprint density at radius 1 is 1.15 bits per heavy atom. The summed E-state index contributed by atoms with van der Waals surface area (Å²) >= 11 is 0. The number of aryl methyl sites for hydroxylation is 2. The molecule has 1 aromatic carbocycles. The van der Waals surface area contributed by atoms with Gasteiger partial charge in [0, 0.05) is 0 Å². The third kappa shape index (κ3) is 5.14. The fourth-order valence-corrected chi connectivity index (χ4v) is 2.04.